The molecule has 0 aromatic heterocycles. The molecule has 102 valence electrons. The van der Waals surface area contributed by atoms with Gasteiger partial charge in [0.1, 0.15) is 6.10 Å². The van der Waals surface area contributed by atoms with E-state index in [1.54, 1.807) is 25.2 Å². The lowest BCUT2D eigenvalue weighted by atomic mass is 10.1. The minimum absolute atomic E-state index is 0.340. The second-order valence-electron chi connectivity index (χ2n) is 3.74. The molecule has 0 aliphatic rings. The van der Waals surface area contributed by atoms with E-state index in [-0.39, 0.29) is 5.97 Å². The van der Waals surface area contributed by atoms with Crippen LogP contribution in [0.15, 0.2) is 24.3 Å². The number of aliphatic hydroxyl groups excluding tert-OH is 1. The van der Waals surface area contributed by atoms with Gasteiger partial charge >= 0.3 is 5.97 Å². The molecule has 19 heavy (non-hydrogen) atoms. The molecule has 1 unspecified atom stereocenters. The van der Waals surface area contributed by atoms with Crippen LogP contribution in [0.1, 0.15) is 32.6 Å². The molecule has 0 bridgehead atoms. The van der Waals surface area contributed by atoms with Crippen LogP contribution in [0.2, 0.25) is 0 Å². The quantitative estimate of drug-likeness (QED) is 0.345. The minimum atomic E-state index is -0.608. The number of carbonyl (C=O) groups excluding carboxylic acids is 1. The predicted molar refractivity (Wildman–Crippen MR) is 76.0 cm³/mol. The first-order valence-electron chi connectivity index (χ1n) is 6.21. The molecule has 0 heterocycles. The van der Waals surface area contributed by atoms with Crippen molar-refractivity contribution < 1.29 is 14.6 Å². The van der Waals surface area contributed by atoms with E-state index in [1.807, 2.05) is 0 Å². The van der Waals surface area contributed by atoms with Gasteiger partial charge in [-0.1, -0.05) is 23.8 Å². The van der Waals surface area contributed by atoms with Gasteiger partial charge in [-0.2, -0.15) is 0 Å². The van der Waals surface area contributed by atoms with Crippen LogP contribution < -0.4 is 0 Å². The molecule has 0 spiro atoms. The van der Waals surface area contributed by atoms with Crippen molar-refractivity contribution in [3.05, 3.63) is 24.3 Å². The standard InChI is InChI=1S/C16H20O3/c1-3-4-5-6-9-12-15(17)13-10-7-8-11-14-16(18)19-2/h5-6,11,14-15,17H,7-8,10,13H2,1-2H3/b6-5-,14-11+. The maximum atomic E-state index is 10.8. The van der Waals surface area contributed by atoms with E-state index in [9.17, 15) is 9.90 Å². The highest BCUT2D eigenvalue weighted by atomic mass is 16.5. The maximum absolute atomic E-state index is 10.8. The average Bonchev–Trinajstić information content (AvgIpc) is 2.42. The van der Waals surface area contributed by atoms with Crippen LogP contribution in [0.3, 0.4) is 0 Å². The van der Waals surface area contributed by atoms with Crippen molar-refractivity contribution in [1.29, 1.82) is 0 Å². The summed E-state index contributed by atoms with van der Waals surface area (Å²) in [6.07, 6.45) is 9.04. The van der Waals surface area contributed by atoms with Gasteiger partial charge in [0.2, 0.25) is 0 Å². The molecule has 0 aromatic rings. The third-order valence-corrected chi connectivity index (χ3v) is 2.20. The Bertz CT molecular complexity index is 424. The van der Waals surface area contributed by atoms with E-state index in [1.165, 1.54) is 13.2 Å². The molecular weight excluding hydrogens is 240 g/mol. The van der Waals surface area contributed by atoms with Crippen LogP contribution in [-0.2, 0) is 9.53 Å². The number of aliphatic hydroxyl groups is 1. The van der Waals surface area contributed by atoms with Crippen LogP contribution >= 0.6 is 0 Å². The number of methoxy groups -OCH3 is 1. The van der Waals surface area contributed by atoms with Crippen molar-refractivity contribution in [3.8, 4) is 23.7 Å². The fourth-order valence-electron chi connectivity index (χ4n) is 1.23. The number of allylic oxidation sites excluding steroid dienone is 3. The molecule has 1 atom stereocenters. The maximum Gasteiger partial charge on any atom is 0.330 e. The summed E-state index contributed by atoms with van der Waals surface area (Å²) < 4.78 is 4.47. The Balaban J connectivity index is 3.68. The fourth-order valence-corrected chi connectivity index (χ4v) is 1.23. The number of rotatable bonds is 6. The molecular formula is C16H20O3. The van der Waals surface area contributed by atoms with Gasteiger partial charge in [-0.05, 0) is 44.8 Å². The lowest BCUT2D eigenvalue weighted by Gasteiger charge is -2.01. The summed E-state index contributed by atoms with van der Waals surface area (Å²) in [4.78, 5) is 10.8. The summed E-state index contributed by atoms with van der Waals surface area (Å²) in [7, 11) is 1.35. The van der Waals surface area contributed by atoms with Crippen molar-refractivity contribution in [2.75, 3.05) is 7.11 Å². The second kappa shape index (κ2) is 12.5. The lowest BCUT2D eigenvalue weighted by molar-refractivity contribution is -0.134. The molecule has 0 amide bonds. The third-order valence-electron chi connectivity index (χ3n) is 2.20. The molecule has 3 nitrogen and oxygen atoms in total. The Morgan fingerprint density at radius 3 is 2.74 bits per heavy atom. The topological polar surface area (TPSA) is 46.5 Å². The Labute approximate surface area is 115 Å². The van der Waals surface area contributed by atoms with E-state index in [0.717, 1.165) is 19.3 Å². The highest BCUT2D eigenvalue weighted by molar-refractivity contribution is 5.81. The fraction of sp³-hybridized carbons (Fsp3) is 0.438. The lowest BCUT2D eigenvalue weighted by Crippen LogP contribution is -2.01. The number of hydrogen-bond acceptors (Lipinski definition) is 3. The van der Waals surface area contributed by atoms with Crippen LogP contribution in [0.4, 0.5) is 0 Å². The summed E-state index contributed by atoms with van der Waals surface area (Å²) >= 11 is 0. The molecule has 3 heteroatoms. The number of ether oxygens (including phenoxy) is 1. The van der Waals surface area contributed by atoms with E-state index in [2.05, 4.69) is 28.4 Å². The third kappa shape index (κ3) is 12.3. The summed E-state index contributed by atoms with van der Waals surface area (Å²) in [6.45, 7) is 1.75. The summed E-state index contributed by atoms with van der Waals surface area (Å²) in [5.41, 5.74) is 0. The van der Waals surface area contributed by atoms with Crippen molar-refractivity contribution in [2.45, 2.75) is 38.7 Å². The molecule has 1 N–H and O–H groups in total. The normalized spacial score (nSPS) is 11.5. The summed E-state index contributed by atoms with van der Waals surface area (Å²) in [5.74, 6) is 10.6. The van der Waals surface area contributed by atoms with Gasteiger partial charge in [0.15, 0.2) is 0 Å². The molecule has 0 aliphatic carbocycles. The van der Waals surface area contributed by atoms with Crippen LogP contribution in [0.25, 0.3) is 0 Å². The van der Waals surface area contributed by atoms with Crippen LogP contribution in [0.5, 0.6) is 0 Å². The highest BCUT2D eigenvalue weighted by Gasteiger charge is 1.97. The number of carbonyl (C=O) groups is 1. The van der Waals surface area contributed by atoms with Gasteiger partial charge in [-0.25, -0.2) is 4.79 Å². The van der Waals surface area contributed by atoms with E-state index in [0.29, 0.717) is 6.42 Å². The van der Waals surface area contributed by atoms with Gasteiger partial charge in [-0.3, -0.25) is 0 Å². The monoisotopic (exact) mass is 260 g/mol. The number of esters is 1. The van der Waals surface area contributed by atoms with Crippen molar-refractivity contribution in [3.63, 3.8) is 0 Å². The molecule has 0 saturated heterocycles. The van der Waals surface area contributed by atoms with E-state index in [4.69, 9.17) is 0 Å². The van der Waals surface area contributed by atoms with Gasteiger partial charge in [0, 0.05) is 6.08 Å². The smallest absolute Gasteiger partial charge is 0.330 e. The Kier molecular flexibility index (Phi) is 11.2. The number of unbranched alkanes of at least 4 members (excludes halogenated alkanes) is 2. The first-order valence-corrected chi connectivity index (χ1v) is 6.21. The van der Waals surface area contributed by atoms with E-state index >= 15 is 0 Å². The zero-order valence-corrected chi connectivity index (χ0v) is 11.5. The van der Waals surface area contributed by atoms with E-state index < -0.39 is 6.10 Å². The second-order valence-corrected chi connectivity index (χ2v) is 3.74. The Morgan fingerprint density at radius 2 is 2.05 bits per heavy atom. The van der Waals surface area contributed by atoms with Crippen molar-refractivity contribution >= 4 is 5.97 Å². The van der Waals surface area contributed by atoms with Gasteiger partial charge in [-0.15, -0.1) is 5.92 Å². The number of hydrogen-bond donors (Lipinski definition) is 1. The van der Waals surface area contributed by atoms with Crippen molar-refractivity contribution in [2.24, 2.45) is 0 Å². The Morgan fingerprint density at radius 1 is 1.32 bits per heavy atom. The highest BCUT2D eigenvalue weighted by Crippen LogP contribution is 2.04. The molecule has 0 radical (unpaired) electrons. The molecule has 0 fully saturated rings. The zero-order chi connectivity index (χ0) is 14.3. The first-order chi connectivity index (χ1) is 9.20. The molecule has 0 rings (SSSR count). The minimum Gasteiger partial charge on any atom is -0.466 e. The summed E-state index contributed by atoms with van der Waals surface area (Å²) in [5, 5.41) is 9.55. The molecule has 0 aliphatic heterocycles. The average molecular weight is 260 g/mol. The Hall–Kier alpha value is -1.97. The first kappa shape index (κ1) is 17.0. The molecule has 0 saturated carbocycles. The molecule has 0 aromatic carbocycles. The van der Waals surface area contributed by atoms with Crippen LogP contribution in [0, 0.1) is 23.7 Å². The van der Waals surface area contributed by atoms with Gasteiger partial charge < -0.3 is 9.84 Å². The predicted octanol–water partition coefficient (Wildman–Crippen LogP) is 2.22. The SMILES string of the molecule is CC#C/C=C\C#CC(O)CCCC/C=C/C(=O)OC. The zero-order valence-electron chi connectivity index (χ0n) is 11.5. The van der Waals surface area contributed by atoms with Gasteiger partial charge in [0.05, 0.1) is 7.11 Å². The summed E-state index contributed by atoms with van der Waals surface area (Å²) in [6, 6.07) is 0. The van der Waals surface area contributed by atoms with Crippen molar-refractivity contribution in [1.82, 2.24) is 0 Å². The van der Waals surface area contributed by atoms with Crippen LogP contribution in [-0.4, -0.2) is 24.3 Å². The van der Waals surface area contributed by atoms with Gasteiger partial charge in [0.25, 0.3) is 0 Å². The largest absolute Gasteiger partial charge is 0.466 e.